The largest absolute Gasteiger partial charge is 0.487 e. The Bertz CT molecular complexity index is 1060. The molecule has 0 amide bonds. The molecule has 2 aromatic heterocycles. The van der Waals surface area contributed by atoms with Gasteiger partial charge >= 0.3 is 5.97 Å². The molecule has 1 aromatic carbocycles. The summed E-state index contributed by atoms with van der Waals surface area (Å²) < 4.78 is 32.9. The molecule has 170 valence electrons. The number of aromatic nitrogens is 2. The summed E-state index contributed by atoms with van der Waals surface area (Å²) in [7, 11) is 0. The van der Waals surface area contributed by atoms with E-state index in [0.29, 0.717) is 42.3 Å². The summed E-state index contributed by atoms with van der Waals surface area (Å²) in [6.45, 7) is 0. The van der Waals surface area contributed by atoms with Crippen LogP contribution in [0.4, 0.5) is 19.7 Å². The number of nitrogens with one attached hydrogen (secondary N) is 1. The molecule has 1 aliphatic rings. The Labute approximate surface area is 194 Å². The summed E-state index contributed by atoms with van der Waals surface area (Å²) in [4.78, 5) is 20.9. The van der Waals surface area contributed by atoms with Crippen LogP contribution < -0.4 is 10.1 Å². The number of carboxylic acid groups (broad SMARTS) is 1. The first-order valence-corrected chi connectivity index (χ1v) is 10.8. The minimum absolute atomic E-state index is 0. The third-order valence-electron chi connectivity index (χ3n) is 5.55. The Morgan fingerprint density at radius 1 is 1.22 bits per heavy atom. The van der Waals surface area contributed by atoms with Crippen LogP contribution in [0.1, 0.15) is 31.4 Å². The lowest BCUT2D eigenvalue weighted by Gasteiger charge is -2.36. The minimum atomic E-state index is -1.02. The Balaban J connectivity index is 0.00000289. The van der Waals surface area contributed by atoms with E-state index in [2.05, 4.69) is 15.3 Å². The zero-order valence-corrected chi connectivity index (χ0v) is 18.6. The Kier molecular flexibility index (Phi) is 7.63. The van der Waals surface area contributed by atoms with Crippen LogP contribution in [-0.4, -0.2) is 27.1 Å². The summed E-state index contributed by atoms with van der Waals surface area (Å²) in [5, 5.41) is 15.6. The lowest BCUT2D eigenvalue weighted by Crippen LogP contribution is -2.40. The maximum atomic E-state index is 13.9. The Morgan fingerprint density at radius 2 is 1.97 bits per heavy atom. The molecule has 10 heteroatoms. The van der Waals surface area contributed by atoms with Crippen molar-refractivity contribution in [2.24, 2.45) is 5.41 Å². The molecule has 2 N–H and O–H groups in total. The normalized spacial score (nSPS) is 20.2. The molecule has 0 bridgehead atoms. The summed E-state index contributed by atoms with van der Waals surface area (Å²) >= 11 is 1.45. The van der Waals surface area contributed by atoms with Crippen LogP contribution in [0.5, 0.6) is 5.75 Å². The molecule has 2 heterocycles. The predicted molar refractivity (Wildman–Crippen MR) is 120 cm³/mol. The number of aliphatic carboxylic acids is 1. The highest BCUT2D eigenvalue weighted by Crippen LogP contribution is 2.41. The van der Waals surface area contributed by atoms with E-state index >= 15 is 0 Å². The van der Waals surface area contributed by atoms with E-state index in [4.69, 9.17) is 4.74 Å². The highest BCUT2D eigenvalue weighted by Gasteiger charge is 2.43. The topological polar surface area (TPSA) is 84.3 Å². The summed E-state index contributed by atoms with van der Waals surface area (Å²) in [6, 6.07) is 9.23. The number of anilines is 2. The fourth-order valence-corrected chi connectivity index (χ4v) is 4.41. The van der Waals surface area contributed by atoms with Gasteiger partial charge in [0.05, 0.1) is 11.5 Å². The van der Waals surface area contributed by atoms with Gasteiger partial charge < -0.3 is 15.2 Å². The maximum absolute atomic E-state index is 13.9. The summed E-state index contributed by atoms with van der Waals surface area (Å²) in [5.41, 5.74) is -0.313. The minimum Gasteiger partial charge on any atom is -0.487 e. The van der Waals surface area contributed by atoms with Gasteiger partial charge in [-0.1, -0.05) is 12.1 Å². The number of benzene rings is 1. The van der Waals surface area contributed by atoms with Crippen LogP contribution in [0.15, 0.2) is 48.0 Å². The highest BCUT2D eigenvalue weighted by atomic mass is 35.5. The SMILES string of the molecule is Cl.O=C(O)[C@]1(Cc2cccc(Nc3nccs3)n2)CC[C@@H](Oc2cccc(F)c2F)CC1. The number of ether oxygens (including phenoxy) is 1. The standard InChI is InChI=1S/C22H21F2N3O3S.ClH/c23-16-4-2-5-17(19(16)24)30-15-7-9-22(10-8-15,20(28)29)13-14-3-1-6-18(26-14)27-21-25-11-12-31-21;/h1-6,11-12,15H,7-10,13H2,(H,28,29)(H,25,26,27);1H/t15-,22-;. The van der Waals surface area contributed by atoms with Gasteiger partial charge in [0.25, 0.3) is 0 Å². The van der Waals surface area contributed by atoms with Gasteiger partial charge in [-0.2, -0.15) is 4.39 Å². The number of thiazole rings is 1. The first-order chi connectivity index (χ1) is 14.9. The average molecular weight is 482 g/mol. The Hall–Kier alpha value is -2.78. The number of halogens is 3. The van der Waals surface area contributed by atoms with Gasteiger partial charge in [-0.05, 0) is 49.9 Å². The molecule has 0 atom stereocenters. The molecule has 1 fully saturated rings. The number of hydrogen-bond donors (Lipinski definition) is 2. The molecular formula is C22H22ClF2N3O3S. The molecule has 32 heavy (non-hydrogen) atoms. The fourth-order valence-electron chi connectivity index (χ4n) is 3.87. The number of rotatable bonds is 7. The van der Waals surface area contributed by atoms with Crippen LogP contribution >= 0.6 is 23.7 Å². The first kappa shape index (κ1) is 23.9. The second-order valence-corrected chi connectivity index (χ2v) is 8.50. The quantitative estimate of drug-likeness (QED) is 0.456. The van der Waals surface area contributed by atoms with Gasteiger partial charge in [0.1, 0.15) is 5.82 Å². The molecule has 3 aromatic rings. The number of carbonyl (C=O) groups is 1. The molecule has 4 rings (SSSR count). The molecule has 6 nitrogen and oxygen atoms in total. The van der Waals surface area contributed by atoms with Crippen molar-refractivity contribution in [3.8, 4) is 5.75 Å². The van der Waals surface area contributed by atoms with Crippen LogP contribution in [-0.2, 0) is 11.2 Å². The van der Waals surface area contributed by atoms with Crippen molar-refractivity contribution in [1.29, 1.82) is 0 Å². The van der Waals surface area contributed by atoms with Crippen LogP contribution in [0.3, 0.4) is 0 Å². The highest BCUT2D eigenvalue weighted by molar-refractivity contribution is 7.13. The molecule has 1 aliphatic carbocycles. The third-order valence-corrected chi connectivity index (χ3v) is 6.24. The summed E-state index contributed by atoms with van der Waals surface area (Å²) in [5.74, 6) is -2.41. The van der Waals surface area contributed by atoms with Crippen LogP contribution in [0.2, 0.25) is 0 Å². The maximum Gasteiger partial charge on any atom is 0.310 e. The van der Waals surface area contributed by atoms with E-state index in [-0.39, 0.29) is 30.7 Å². The second-order valence-electron chi connectivity index (χ2n) is 7.61. The van der Waals surface area contributed by atoms with E-state index in [1.165, 1.54) is 23.5 Å². The van der Waals surface area contributed by atoms with Crippen molar-refractivity contribution in [3.63, 3.8) is 0 Å². The van der Waals surface area contributed by atoms with E-state index in [1.807, 2.05) is 17.5 Å². The van der Waals surface area contributed by atoms with Gasteiger partial charge in [-0.25, -0.2) is 14.4 Å². The lowest BCUT2D eigenvalue weighted by molar-refractivity contribution is -0.152. The van der Waals surface area contributed by atoms with Crippen molar-refractivity contribution in [2.45, 2.75) is 38.2 Å². The van der Waals surface area contributed by atoms with Crippen molar-refractivity contribution >= 4 is 40.7 Å². The average Bonchev–Trinajstić information content (AvgIpc) is 3.26. The van der Waals surface area contributed by atoms with Crippen molar-refractivity contribution in [1.82, 2.24) is 9.97 Å². The fraction of sp³-hybridized carbons (Fsp3) is 0.318. The van der Waals surface area contributed by atoms with Crippen molar-refractivity contribution in [3.05, 3.63) is 65.3 Å². The van der Waals surface area contributed by atoms with Crippen LogP contribution in [0, 0.1) is 17.0 Å². The van der Waals surface area contributed by atoms with Crippen molar-refractivity contribution in [2.75, 3.05) is 5.32 Å². The lowest BCUT2D eigenvalue weighted by atomic mass is 9.70. The van der Waals surface area contributed by atoms with Gasteiger partial charge in [-0.15, -0.1) is 23.7 Å². The number of nitrogens with zero attached hydrogens (tertiary/aromatic N) is 2. The zero-order valence-electron chi connectivity index (χ0n) is 17.0. The predicted octanol–water partition coefficient (Wildman–Crippen LogP) is 5.62. The number of hydrogen-bond acceptors (Lipinski definition) is 6. The molecule has 0 aliphatic heterocycles. The second kappa shape index (κ2) is 10.2. The zero-order chi connectivity index (χ0) is 21.8. The first-order valence-electron chi connectivity index (χ1n) is 9.92. The monoisotopic (exact) mass is 481 g/mol. The Morgan fingerprint density at radius 3 is 2.66 bits per heavy atom. The smallest absolute Gasteiger partial charge is 0.310 e. The van der Waals surface area contributed by atoms with Crippen LogP contribution in [0.25, 0.3) is 0 Å². The number of pyridine rings is 1. The van der Waals surface area contributed by atoms with Gasteiger partial charge in [-0.3, -0.25) is 4.79 Å². The van der Waals surface area contributed by atoms with Crippen molar-refractivity contribution < 1.29 is 23.4 Å². The van der Waals surface area contributed by atoms with Gasteiger partial charge in [0.15, 0.2) is 16.7 Å². The van der Waals surface area contributed by atoms with E-state index in [0.717, 1.165) is 6.07 Å². The number of carboxylic acids is 1. The van der Waals surface area contributed by atoms with Gasteiger partial charge in [0, 0.05) is 23.7 Å². The molecule has 0 saturated heterocycles. The molecule has 0 spiro atoms. The molecular weight excluding hydrogens is 460 g/mol. The van der Waals surface area contributed by atoms with E-state index in [1.54, 1.807) is 12.3 Å². The van der Waals surface area contributed by atoms with E-state index < -0.39 is 23.0 Å². The molecule has 1 saturated carbocycles. The third kappa shape index (κ3) is 5.34. The molecule has 0 unspecified atom stereocenters. The summed E-state index contributed by atoms with van der Waals surface area (Å²) in [6.07, 6.45) is 3.17. The van der Waals surface area contributed by atoms with E-state index in [9.17, 15) is 18.7 Å². The van der Waals surface area contributed by atoms with Gasteiger partial charge in [0.2, 0.25) is 5.82 Å². The molecule has 0 radical (unpaired) electrons.